The molecule has 1 saturated heterocycles. The van der Waals surface area contributed by atoms with Gasteiger partial charge >= 0.3 is 0 Å². The van der Waals surface area contributed by atoms with Crippen LogP contribution in [0, 0.1) is 5.82 Å². The number of rotatable bonds is 5. The quantitative estimate of drug-likeness (QED) is 0.649. The number of nitrogens with two attached hydrogens (primary N) is 1. The molecule has 1 aromatic rings. The molecular formula is C15H23ClFN3. The van der Waals surface area contributed by atoms with Gasteiger partial charge in [-0.1, -0.05) is 17.7 Å². The third kappa shape index (κ3) is 3.31. The zero-order valence-corrected chi connectivity index (χ0v) is 12.9. The average Bonchev–Trinajstić information content (AvgIpc) is 2.92. The van der Waals surface area contributed by atoms with Crippen molar-refractivity contribution in [2.45, 2.75) is 44.7 Å². The van der Waals surface area contributed by atoms with Gasteiger partial charge in [-0.3, -0.25) is 16.2 Å². The molecule has 5 heteroatoms. The van der Waals surface area contributed by atoms with E-state index in [0.717, 1.165) is 13.1 Å². The predicted molar refractivity (Wildman–Crippen MR) is 81.1 cm³/mol. The zero-order valence-electron chi connectivity index (χ0n) is 12.1. The number of hydrazine groups is 1. The Hall–Kier alpha value is -0.680. The highest BCUT2D eigenvalue weighted by Gasteiger charge is 2.36. The molecule has 3 N–H and O–H groups in total. The summed E-state index contributed by atoms with van der Waals surface area (Å²) in [5.41, 5.74) is 3.40. The van der Waals surface area contributed by atoms with Crippen molar-refractivity contribution in [2.24, 2.45) is 5.84 Å². The fourth-order valence-corrected chi connectivity index (χ4v) is 3.09. The summed E-state index contributed by atoms with van der Waals surface area (Å²) >= 11 is 5.79. The van der Waals surface area contributed by atoms with Gasteiger partial charge in [-0.25, -0.2) is 4.39 Å². The number of likely N-dealkylation sites (tertiary alicyclic amines) is 1. The summed E-state index contributed by atoms with van der Waals surface area (Å²) in [5, 5.41) is 0.419. The van der Waals surface area contributed by atoms with Crippen LogP contribution in [0.4, 0.5) is 4.39 Å². The predicted octanol–water partition coefficient (Wildman–Crippen LogP) is 2.73. The summed E-state index contributed by atoms with van der Waals surface area (Å²) in [6.07, 6.45) is 2.98. The molecule has 3 nitrogen and oxygen atoms in total. The van der Waals surface area contributed by atoms with Crippen molar-refractivity contribution < 1.29 is 4.39 Å². The molecule has 112 valence electrons. The monoisotopic (exact) mass is 299 g/mol. The lowest BCUT2D eigenvalue weighted by molar-refractivity contribution is 0.106. The first-order valence-corrected chi connectivity index (χ1v) is 7.48. The van der Waals surface area contributed by atoms with Crippen molar-refractivity contribution in [3.05, 3.63) is 34.6 Å². The van der Waals surface area contributed by atoms with E-state index in [-0.39, 0.29) is 17.4 Å². The molecule has 20 heavy (non-hydrogen) atoms. The topological polar surface area (TPSA) is 41.3 Å². The van der Waals surface area contributed by atoms with Crippen LogP contribution in [0.1, 0.15) is 32.3 Å². The second-order valence-corrected chi connectivity index (χ2v) is 6.44. The maximum atomic E-state index is 13.9. The van der Waals surface area contributed by atoms with Crippen LogP contribution in [0.25, 0.3) is 0 Å². The van der Waals surface area contributed by atoms with Gasteiger partial charge in [-0.05, 0) is 63.9 Å². The van der Waals surface area contributed by atoms with Gasteiger partial charge in [0, 0.05) is 16.6 Å². The van der Waals surface area contributed by atoms with Crippen LogP contribution >= 0.6 is 11.6 Å². The van der Waals surface area contributed by atoms with E-state index in [9.17, 15) is 4.39 Å². The van der Waals surface area contributed by atoms with E-state index in [1.165, 1.54) is 18.9 Å². The first-order chi connectivity index (χ1) is 9.45. The minimum absolute atomic E-state index is 0.0173. The smallest absolute Gasteiger partial charge is 0.127 e. The lowest BCUT2D eigenvalue weighted by Gasteiger charge is -2.42. The van der Waals surface area contributed by atoms with Gasteiger partial charge in [0.2, 0.25) is 0 Å². The lowest BCUT2D eigenvalue weighted by Crippen LogP contribution is -2.59. The number of benzene rings is 1. The molecule has 0 bridgehead atoms. The summed E-state index contributed by atoms with van der Waals surface area (Å²) < 4.78 is 13.9. The summed E-state index contributed by atoms with van der Waals surface area (Å²) in [4.78, 5) is 2.42. The Bertz CT molecular complexity index is 458. The van der Waals surface area contributed by atoms with Crippen LogP contribution in [-0.2, 0) is 6.42 Å². The van der Waals surface area contributed by atoms with E-state index in [2.05, 4.69) is 24.2 Å². The molecule has 0 aromatic heterocycles. The maximum Gasteiger partial charge on any atom is 0.127 e. The minimum Gasteiger partial charge on any atom is -0.297 e. The van der Waals surface area contributed by atoms with Crippen LogP contribution in [0.2, 0.25) is 5.02 Å². The Morgan fingerprint density at radius 1 is 1.40 bits per heavy atom. The summed E-state index contributed by atoms with van der Waals surface area (Å²) in [6, 6.07) is 4.79. The van der Waals surface area contributed by atoms with Crippen LogP contribution in [-0.4, -0.2) is 29.6 Å². The van der Waals surface area contributed by atoms with Crippen molar-refractivity contribution in [1.29, 1.82) is 0 Å². The number of nitrogens with one attached hydrogen (secondary N) is 1. The molecule has 0 radical (unpaired) electrons. The van der Waals surface area contributed by atoms with E-state index >= 15 is 0 Å². The molecule has 1 heterocycles. The average molecular weight is 300 g/mol. The fraction of sp³-hybridized carbons (Fsp3) is 0.600. The summed E-state index contributed by atoms with van der Waals surface area (Å²) in [5.74, 6) is 5.46. The van der Waals surface area contributed by atoms with Gasteiger partial charge in [0.25, 0.3) is 0 Å². The fourth-order valence-electron chi connectivity index (χ4n) is 2.93. The highest BCUT2D eigenvalue weighted by Crippen LogP contribution is 2.27. The van der Waals surface area contributed by atoms with Crippen molar-refractivity contribution in [1.82, 2.24) is 10.3 Å². The molecule has 1 atom stereocenters. The second-order valence-electron chi connectivity index (χ2n) is 6.01. The number of hydrogen-bond acceptors (Lipinski definition) is 3. The van der Waals surface area contributed by atoms with Crippen LogP contribution in [0.5, 0.6) is 0 Å². The summed E-state index contributed by atoms with van der Waals surface area (Å²) in [6.45, 7) is 6.48. The first-order valence-electron chi connectivity index (χ1n) is 7.10. The van der Waals surface area contributed by atoms with Crippen molar-refractivity contribution >= 4 is 11.6 Å². The Balaban J connectivity index is 2.15. The van der Waals surface area contributed by atoms with E-state index in [1.807, 2.05) is 0 Å². The van der Waals surface area contributed by atoms with Gasteiger partial charge in [0.15, 0.2) is 0 Å². The number of halogens is 2. The highest BCUT2D eigenvalue weighted by atomic mass is 35.5. The SMILES string of the molecule is CC(C)(C(Cc1ccc(Cl)cc1F)NN)N1CCCC1. The molecule has 1 fully saturated rings. The molecule has 0 spiro atoms. The van der Waals surface area contributed by atoms with Crippen molar-refractivity contribution in [3.63, 3.8) is 0 Å². The molecule has 2 rings (SSSR count). The normalized spacial score (nSPS) is 18.4. The van der Waals surface area contributed by atoms with E-state index in [1.54, 1.807) is 12.1 Å². The van der Waals surface area contributed by atoms with E-state index in [4.69, 9.17) is 17.4 Å². The Morgan fingerprint density at radius 3 is 2.60 bits per heavy atom. The molecule has 1 aliphatic rings. The summed E-state index contributed by atoms with van der Waals surface area (Å²) in [7, 11) is 0. The van der Waals surface area contributed by atoms with Crippen molar-refractivity contribution in [3.8, 4) is 0 Å². The molecular weight excluding hydrogens is 277 g/mol. The lowest BCUT2D eigenvalue weighted by atomic mass is 9.88. The van der Waals surface area contributed by atoms with Gasteiger partial charge in [0.1, 0.15) is 5.82 Å². The van der Waals surface area contributed by atoms with E-state index in [0.29, 0.717) is 17.0 Å². The molecule has 1 aromatic carbocycles. The van der Waals surface area contributed by atoms with Crippen LogP contribution < -0.4 is 11.3 Å². The Labute approximate surface area is 125 Å². The molecule has 1 aliphatic heterocycles. The molecule has 0 amide bonds. The Kier molecular flexibility index (Phi) is 5.02. The minimum atomic E-state index is -0.269. The number of nitrogens with zero attached hydrogens (tertiary/aromatic N) is 1. The molecule has 0 aliphatic carbocycles. The largest absolute Gasteiger partial charge is 0.297 e. The van der Waals surface area contributed by atoms with Gasteiger partial charge in [-0.15, -0.1) is 0 Å². The van der Waals surface area contributed by atoms with Gasteiger partial charge in [-0.2, -0.15) is 0 Å². The van der Waals surface area contributed by atoms with Crippen LogP contribution in [0.15, 0.2) is 18.2 Å². The zero-order chi connectivity index (χ0) is 14.8. The third-order valence-corrected chi connectivity index (χ3v) is 4.65. The Morgan fingerprint density at radius 2 is 2.05 bits per heavy atom. The van der Waals surface area contributed by atoms with Crippen molar-refractivity contribution in [2.75, 3.05) is 13.1 Å². The molecule has 1 unspecified atom stereocenters. The van der Waals surface area contributed by atoms with E-state index < -0.39 is 0 Å². The number of hydrogen-bond donors (Lipinski definition) is 2. The van der Waals surface area contributed by atoms with Gasteiger partial charge < -0.3 is 0 Å². The van der Waals surface area contributed by atoms with Gasteiger partial charge in [0.05, 0.1) is 0 Å². The van der Waals surface area contributed by atoms with Crippen LogP contribution in [0.3, 0.4) is 0 Å². The maximum absolute atomic E-state index is 13.9. The standard InChI is InChI=1S/C15H23ClFN3/c1-15(2,20-7-3-4-8-20)14(19-18)9-11-5-6-12(16)10-13(11)17/h5-6,10,14,19H,3-4,7-9,18H2,1-2H3. The first kappa shape index (κ1) is 15.7. The molecule has 0 saturated carbocycles. The highest BCUT2D eigenvalue weighted by molar-refractivity contribution is 6.30. The third-order valence-electron chi connectivity index (χ3n) is 4.41. The second kappa shape index (κ2) is 6.39.